The normalized spacial score (nSPS) is 19.8. The van der Waals surface area contributed by atoms with E-state index in [2.05, 4.69) is 0 Å². The summed E-state index contributed by atoms with van der Waals surface area (Å²) in [5.74, 6) is 0.150. The van der Waals surface area contributed by atoms with E-state index in [9.17, 15) is 22.8 Å². The van der Waals surface area contributed by atoms with E-state index in [0.29, 0.717) is 13.1 Å². The number of hydrogen-bond acceptors (Lipinski definition) is 3. The van der Waals surface area contributed by atoms with Gasteiger partial charge in [-0.25, -0.2) is 4.79 Å². The first-order valence-corrected chi connectivity index (χ1v) is 8.63. The molecule has 0 atom stereocenters. The Hall–Kier alpha value is -1.99. The Labute approximate surface area is 149 Å². The molecular weight excluding hydrogens is 349 g/mol. The lowest BCUT2D eigenvalue weighted by atomic mass is 9.58. The minimum absolute atomic E-state index is 0.0345. The summed E-state index contributed by atoms with van der Waals surface area (Å²) in [4.78, 5) is 25.4. The number of carbonyl (C=O) groups excluding carboxylic acids is 1. The zero-order valence-corrected chi connectivity index (χ0v) is 15.1. The van der Waals surface area contributed by atoms with Gasteiger partial charge in [0.05, 0.1) is 5.56 Å². The molecule has 1 aliphatic carbocycles. The number of ether oxygens (including phenoxy) is 1. The minimum atomic E-state index is -4.46. The lowest BCUT2D eigenvalue weighted by Gasteiger charge is -2.58. The molecule has 1 amide bonds. The first kappa shape index (κ1) is 18.8. The second-order valence-corrected chi connectivity index (χ2v) is 8.52. The highest BCUT2D eigenvalue weighted by atomic mass is 19.4. The number of halogens is 3. The van der Waals surface area contributed by atoms with Crippen LogP contribution >= 0.6 is 0 Å². The highest BCUT2D eigenvalue weighted by Gasteiger charge is 2.54. The van der Waals surface area contributed by atoms with Crippen LogP contribution in [0.4, 0.5) is 18.0 Å². The van der Waals surface area contributed by atoms with Gasteiger partial charge < -0.3 is 14.2 Å². The van der Waals surface area contributed by atoms with Gasteiger partial charge >= 0.3 is 12.3 Å². The molecule has 0 radical (unpaired) electrons. The van der Waals surface area contributed by atoms with Crippen LogP contribution in [0.3, 0.4) is 0 Å². The van der Waals surface area contributed by atoms with E-state index in [1.807, 2.05) is 20.8 Å². The summed E-state index contributed by atoms with van der Waals surface area (Å²) in [7, 11) is 0. The van der Waals surface area contributed by atoms with Gasteiger partial charge in [0, 0.05) is 37.3 Å². The van der Waals surface area contributed by atoms with Crippen molar-refractivity contribution >= 4 is 6.09 Å². The van der Waals surface area contributed by atoms with Gasteiger partial charge in [-0.3, -0.25) is 4.79 Å². The fraction of sp³-hybridized carbons (Fsp3) is 0.667. The molecule has 2 heterocycles. The first-order valence-electron chi connectivity index (χ1n) is 8.63. The summed E-state index contributed by atoms with van der Waals surface area (Å²) in [6.07, 6.45) is -2.30. The molecule has 5 nitrogen and oxygen atoms in total. The van der Waals surface area contributed by atoms with Crippen LogP contribution in [0.15, 0.2) is 23.1 Å². The van der Waals surface area contributed by atoms with Gasteiger partial charge in [0.1, 0.15) is 5.60 Å². The molecule has 1 aliphatic heterocycles. The summed E-state index contributed by atoms with van der Waals surface area (Å²) in [5.41, 5.74) is -1.74. The maximum atomic E-state index is 12.8. The standard InChI is InChI=1S/C18H23F3N2O3/c1-16(2,3)26-15(25)23-10-17(11-23)6-12(7-17)8-22-9-13(18(19,20)21)4-5-14(22)24/h4-5,9,12H,6-8,10-11H2,1-3H3. The van der Waals surface area contributed by atoms with E-state index in [0.717, 1.165) is 35.7 Å². The average Bonchev–Trinajstić information content (AvgIpc) is 2.38. The fourth-order valence-electron chi connectivity index (χ4n) is 3.89. The Kier molecular flexibility index (Phi) is 4.36. The lowest BCUT2D eigenvalue weighted by Crippen LogP contribution is -2.64. The van der Waals surface area contributed by atoms with Crippen LogP contribution in [0.1, 0.15) is 39.2 Å². The highest BCUT2D eigenvalue weighted by molar-refractivity contribution is 5.69. The Balaban J connectivity index is 1.53. The van der Waals surface area contributed by atoms with Gasteiger partial charge in [-0.2, -0.15) is 13.2 Å². The molecule has 3 rings (SSSR count). The second kappa shape index (κ2) is 6.03. The monoisotopic (exact) mass is 372 g/mol. The van der Waals surface area contributed by atoms with Crippen molar-refractivity contribution in [1.29, 1.82) is 0 Å². The molecule has 26 heavy (non-hydrogen) atoms. The number of likely N-dealkylation sites (tertiary alicyclic amines) is 1. The SMILES string of the molecule is CC(C)(C)OC(=O)N1CC2(CC(Cn3cc(C(F)(F)F)ccc3=O)C2)C1. The molecule has 1 saturated carbocycles. The topological polar surface area (TPSA) is 51.5 Å². The van der Waals surface area contributed by atoms with E-state index >= 15 is 0 Å². The molecule has 144 valence electrons. The lowest BCUT2D eigenvalue weighted by molar-refractivity contribution is -0.138. The van der Waals surface area contributed by atoms with Gasteiger partial charge in [0.25, 0.3) is 5.56 Å². The third-order valence-electron chi connectivity index (χ3n) is 4.91. The molecule has 0 N–H and O–H groups in total. The number of alkyl halides is 3. The molecule has 1 aromatic rings. The smallest absolute Gasteiger partial charge is 0.417 e. The Morgan fingerprint density at radius 2 is 1.85 bits per heavy atom. The number of pyridine rings is 1. The summed E-state index contributed by atoms with van der Waals surface area (Å²) in [5, 5.41) is 0. The van der Waals surface area contributed by atoms with E-state index in [4.69, 9.17) is 4.74 Å². The van der Waals surface area contributed by atoms with Crippen LogP contribution in [0.25, 0.3) is 0 Å². The molecule has 0 unspecified atom stereocenters. The maximum absolute atomic E-state index is 12.8. The quantitative estimate of drug-likeness (QED) is 0.798. The van der Waals surface area contributed by atoms with Gasteiger partial charge in [-0.05, 0) is 45.6 Å². The molecule has 1 spiro atoms. The average molecular weight is 372 g/mol. The molecule has 2 aliphatic rings. The zero-order valence-electron chi connectivity index (χ0n) is 15.1. The van der Waals surface area contributed by atoms with E-state index in [1.165, 1.54) is 0 Å². The number of carbonyl (C=O) groups is 1. The van der Waals surface area contributed by atoms with Crippen LogP contribution in [-0.4, -0.2) is 34.3 Å². The van der Waals surface area contributed by atoms with Crippen LogP contribution in [-0.2, 0) is 17.5 Å². The summed E-state index contributed by atoms with van der Waals surface area (Å²) < 4.78 is 44.8. The van der Waals surface area contributed by atoms with Crippen molar-refractivity contribution in [2.75, 3.05) is 13.1 Å². The Bertz CT molecular complexity index is 750. The summed E-state index contributed by atoms with van der Waals surface area (Å²) >= 11 is 0. The molecule has 0 bridgehead atoms. The minimum Gasteiger partial charge on any atom is -0.444 e. The predicted octanol–water partition coefficient (Wildman–Crippen LogP) is 3.51. The summed E-state index contributed by atoms with van der Waals surface area (Å²) in [6.45, 7) is 6.93. The third-order valence-corrected chi connectivity index (χ3v) is 4.91. The predicted molar refractivity (Wildman–Crippen MR) is 88.7 cm³/mol. The van der Waals surface area contributed by atoms with Gasteiger partial charge in [-0.1, -0.05) is 0 Å². The number of amides is 1. The Morgan fingerprint density at radius 3 is 2.38 bits per heavy atom. The maximum Gasteiger partial charge on any atom is 0.417 e. The van der Waals surface area contributed by atoms with Gasteiger partial charge in [0.2, 0.25) is 0 Å². The molecule has 8 heteroatoms. The van der Waals surface area contributed by atoms with Crippen molar-refractivity contribution in [1.82, 2.24) is 9.47 Å². The molecule has 2 fully saturated rings. The van der Waals surface area contributed by atoms with Gasteiger partial charge in [-0.15, -0.1) is 0 Å². The van der Waals surface area contributed by atoms with Crippen LogP contribution in [0.2, 0.25) is 0 Å². The van der Waals surface area contributed by atoms with Crippen molar-refractivity contribution in [3.05, 3.63) is 34.2 Å². The second-order valence-electron chi connectivity index (χ2n) is 8.52. The van der Waals surface area contributed by atoms with Crippen molar-refractivity contribution < 1.29 is 22.7 Å². The highest BCUT2D eigenvalue weighted by Crippen LogP contribution is 2.52. The van der Waals surface area contributed by atoms with Crippen LogP contribution in [0, 0.1) is 11.3 Å². The number of nitrogens with zero attached hydrogens (tertiary/aromatic N) is 2. The van der Waals surface area contributed by atoms with Crippen LogP contribution in [0.5, 0.6) is 0 Å². The van der Waals surface area contributed by atoms with Crippen molar-refractivity contribution in [2.24, 2.45) is 11.3 Å². The van der Waals surface area contributed by atoms with Crippen molar-refractivity contribution in [3.63, 3.8) is 0 Å². The van der Waals surface area contributed by atoms with E-state index in [1.54, 1.807) is 4.90 Å². The number of rotatable bonds is 2. The number of hydrogen-bond donors (Lipinski definition) is 0. The first-order chi connectivity index (χ1) is 11.9. The van der Waals surface area contributed by atoms with Crippen molar-refractivity contribution in [2.45, 2.75) is 51.9 Å². The fourth-order valence-corrected chi connectivity index (χ4v) is 3.89. The molecular formula is C18H23F3N2O3. The van der Waals surface area contributed by atoms with E-state index < -0.39 is 22.9 Å². The van der Waals surface area contributed by atoms with Gasteiger partial charge in [0.15, 0.2) is 0 Å². The molecule has 0 aromatic carbocycles. The van der Waals surface area contributed by atoms with E-state index in [-0.39, 0.29) is 24.0 Å². The molecule has 1 saturated heterocycles. The van der Waals surface area contributed by atoms with Crippen molar-refractivity contribution in [3.8, 4) is 0 Å². The largest absolute Gasteiger partial charge is 0.444 e. The Morgan fingerprint density at radius 1 is 1.23 bits per heavy atom. The molecule has 1 aromatic heterocycles. The third kappa shape index (κ3) is 3.88. The van der Waals surface area contributed by atoms with Crippen LogP contribution < -0.4 is 5.56 Å². The number of aromatic nitrogens is 1. The summed E-state index contributed by atoms with van der Waals surface area (Å²) in [6, 6.07) is 1.77. The zero-order chi connectivity index (χ0) is 19.3.